The second kappa shape index (κ2) is 7.38. The summed E-state index contributed by atoms with van der Waals surface area (Å²) in [6.45, 7) is 2.85. The highest BCUT2D eigenvalue weighted by Gasteiger charge is 2.26. The van der Waals surface area contributed by atoms with Crippen LogP contribution in [0.15, 0.2) is 39.7 Å². The van der Waals surface area contributed by atoms with E-state index in [9.17, 15) is 9.59 Å². The van der Waals surface area contributed by atoms with Crippen LogP contribution in [0, 0.1) is 6.92 Å². The first-order chi connectivity index (χ1) is 12.1. The number of amides is 1. The van der Waals surface area contributed by atoms with E-state index in [2.05, 4.69) is 4.98 Å². The molecule has 0 aliphatic carbocycles. The molecule has 0 spiro atoms. The Kier molecular flexibility index (Phi) is 5.02. The fourth-order valence-corrected chi connectivity index (χ4v) is 2.90. The normalized spacial score (nSPS) is 15.0. The number of nitrogens with zero attached hydrogens (tertiary/aromatic N) is 2. The summed E-state index contributed by atoms with van der Waals surface area (Å²) in [6.07, 6.45) is 2.93. The van der Waals surface area contributed by atoms with Crippen molar-refractivity contribution >= 4 is 5.91 Å². The van der Waals surface area contributed by atoms with Crippen molar-refractivity contribution in [2.24, 2.45) is 0 Å². The van der Waals surface area contributed by atoms with Crippen LogP contribution in [0.4, 0.5) is 0 Å². The molecular weight excluding hydrogens is 324 g/mol. The molecule has 1 aliphatic rings. The van der Waals surface area contributed by atoms with Gasteiger partial charge in [0.15, 0.2) is 0 Å². The van der Waals surface area contributed by atoms with Crippen LogP contribution in [0.3, 0.4) is 0 Å². The van der Waals surface area contributed by atoms with Gasteiger partial charge in [0.1, 0.15) is 23.2 Å². The number of pyridine rings is 1. The van der Waals surface area contributed by atoms with Gasteiger partial charge in [-0.05, 0) is 19.1 Å². The quantitative estimate of drug-likeness (QED) is 0.844. The molecule has 0 radical (unpaired) electrons. The lowest BCUT2D eigenvalue weighted by atomic mass is 10.1. The van der Waals surface area contributed by atoms with Gasteiger partial charge in [-0.15, -0.1) is 0 Å². The zero-order valence-electron chi connectivity index (χ0n) is 14.2. The zero-order chi connectivity index (χ0) is 17.8. The van der Waals surface area contributed by atoms with Gasteiger partial charge in [0, 0.05) is 38.2 Å². The van der Waals surface area contributed by atoms with Crippen molar-refractivity contribution < 1.29 is 18.7 Å². The SMILES string of the molecule is COc1ncccc1C(=O)N1CCC(Oc2cc(C)oc(=O)c2)CC1. The second-order valence-electron chi connectivity index (χ2n) is 5.89. The van der Waals surface area contributed by atoms with Crippen LogP contribution in [0.25, 0.3) is 0 Å². The van der Waals surface area contributed by atoms with Crippen molar-refractivity contribution in [3.05, 3.63) is 52.2 Å². The second-order valence-corrected chi connectivity index (χ2v) is 5.89. The maximum Gasteiger partial charge on any atom is 0.339 e. The van der Waals surface area contributed by atoms with Crippen LogP contribution in [-0.2, 0) is 0 Å². The van der Waals surface area contributed by atoms with Crippen LogP contribution >= 0.6 is 0 Å². The Morgan fingerprint density at radius 1 is 1.32 bits per heavy atom. The van der Waals surface area contributed by atoms with E-state index < -0.39 is 5.63 Å². The van der Waals surface area contributed by atoms with E-state index in [4.69, 9.17) is 13.9 Å². The Morgan fingerprint density at radius 3 is 2.76 bits per heavy atom. The van der Waals surface area contributed by atoms with Gasteiger partial charge in [0.25, 0.3) is 5.91 Å². The van der Waals surface area contributed by atoms with Gasteiger partial charge in [0.2, 0.25) is 5.88 Å². The fraction of sp³-hybridized carbons (Fsp3) is 0.389. The highest BCUT2D eigenvalue weighted by molar-refractivity contribution is 5.96. The Morgan fingerprint density at radius 2 is 2.08 bits per heavy atom. The smallest absolute Gasteiger partial charge is 0.339 e. The van der Waals surface area contributed by atoms with E-state index >= 15 is 0 Å². The maximum absolute atomic E-state index is 12.6. The summed E-state index contributed by atoms with van der Waals surface area (Å²) < 4.78 is 15.9. The van der Waals surface area contributed by atoms with Gasteiger partial charge >= 0.3 is 5.63 Å². The number of hydrogen-bond acceptors (Lipinski definition) is 6. The van der Waals surface area contributed by atoms with Crippen molar-refractivity contribution in [3.63, 3.8) is 0 Å². The predicted molar refractivity (Wildman–Crippen MR) is 90.1 cm³/mol. The number of aromatic nitrogens is 1. The topological polar surface area (TPSA) is 81.9 Å². The molecule has 1 saturated heterocycles. The van der Waals surface area contributed by atoms with Crippen LogP contribution in [-0.4, -0.2) is 42.1 Å². The Balaban J connectivity index is 1.61. The average molecular weight is 344 g/mol. The molecule has 1 amide bonds. The summed E-state index contributed by atoms with van der Waals surface area (Å²) in [4.78, 5) is 29.9. The number of carbonyl (C=O) groups is 1. The summed E-state index contributed by atoms with van der Waals surface area (Å²) in [5.41, 5.74) is 0.0342. The zero-order valence-corrected chi connectivity index (χ0v) is 14.2. The molecule has 0 aromatic carbocycles. The molecule has 0 N–H and O–H groups in total. The van der Waals surface area contributed by atoms with E-state index in [1.807, 2.05) is 0 Å². The molecule has 0 atom stereocenters. The average Bonchev–Trinajstić information content (AvgIpc) is 2.61. The van der Waals surface area contributed by atoms with E-state index in [1.165, 1.54) is 13.2 Å². The van der Waals surface area contributed by atoms with E-state index in [-0.39, 0.29) is 12.0 Å². The molecule has 25 heavy (non-hydrogen) atoms. The Bertz CT molecular complexity index is 809. The number of hydrogen-bond donors (Lipinski definition) is 0. The molecule has 0 saturated carbocycles. The van der Waals surface area contributed by atoms with E-state index in [1.54, 1.807) is 36.2 Å². The van der Waals surface area contributed by atoms with Crippen LogP contribution in [0.2, 0.25) is 0 Å². The van der Waals surface area contributed by atoms with Gasteiger partial charge in [-0.3, -0.25) is 4.79 Å². The lowest BCUT2D eigenvalue weighted by molar-refractivity contribution is 0.0591. The summed E-state index contributed by atoms with van der Waals surface area (Å²) >= 11 is 0. The number of rotatable bonds is 4. The number of aryl methyl sites for hydroxylation is 1. The third-order valence-electron chi connectivity index (χ3n) is 4.09. The van der Waals surface area contributed by atoms with Gasteiger partial charge < -0.3 is 18.8 Å². The van der Waals surface area contributed by atoms with E-state index in [0.717, 1.165) is 0 Å². The number of piperidine rings is 1. The van der Waals surface area contributed by atoms with E-state index in [0.29, 0.717) is 48.9 Å². The molecule has 2 aromatic rings. The first kappa shape index (κ1) is 17.0. The molecule has 0 bridgehead atoms. The van der Waals surface area contributed by atoms with Gasteiger partial charge in [-0.2, -0.15) is 0 Å². The molecule has 1 aliphatic heterocycles. The van der Waals surface area contributed by atoms with Crippen molar-refractivity contribution in [1.82, 2.24) is 9.88 Å². The van der Waals surface area contributed by atoms with Gasteiger partial charge in [-0.1, -0.05) is 0 Å². The minimum absolute atomic E-state index is 0.0407. The van der Waals surface area contributed by atoms with Crippen LogP contribution < -0.4 is 15.1 Å². The Hall–Kier alpha value is -2.83. The van der Waals surface area contributed by atoms with Crippen molar-refractivity contribution in [3.8, 4) is 11.6 Å². The molecule has 3 rings (SSSR count). The van der Waals surface area contributed by atoms with Gasteiger partial charge in [-0.25, -0.2) is 9.78 Å². The molecular formula is C18H20N2O5. The fourth-order valence-electron chi connectivity index (χ4n) is 2.90. The summed E-state index contributed by atoms with van der Waals surface area (Å²) in [6, 6.07) is 6.46. The summed E-state index contributed by atoms with van der Waals surface area (Å²) in [7, 11) is 1.50. The number of likely N-dealkylation sites (tertiary alicyclic amines) is 1. The summed E-state index contributed by atoms with van der Waals surface area (Å²) in [5, 5.41) is 0. The third-order valence-corrected chi connectivity index (χ3v) is 4.09. The van der Waals surface area contributed by atoms with Crippen molar-refractivity contribution in [2.45, 2.75) is 25.9 Å². The first-order valence-electron chi connectivity index (χ1n) is 8.13. The number of carbonyl (C=O) groups excluding carboxylic acids is 1. The minimum atomic E-state index is -0.425. The molecule has 7 nitrogen and oxygen atoms in total. The van der Waals surface area contributed by atoms with Crippen molar-refractivity contribution in [2.75, 3.05) is 20.2 Å². The van der Waals surface area contributed by atoms with Crippen LogP contribution in [0.5, 0.6) is 11.6 Å². The number of ether oxygens (including phenoxy) is 2. The molecule has 0 unspecified atom stereocenters. The minimum Gasteiger partial charge on any atom is -0.490 e. The molecule has 7 heteroatoms. The molecule has 3 heterocycles. The molecule has 1 fully saturated rings. The standard InChI is InChI=1S/C18H20N2O5/c1-12-10-14(11-16(21)24-12)25-13-5-8-20(9-6-13)18(22)15-4-3-7-19-17(15)23-2/h3-4,7,10-11,13H,5-6,8-9H2,1-2H3. The first-order valence-corrected chi connectivity index (χ1v) is 8.13. The monoisotopic (exact) mass is 344 g/mol. The van der Waals surface area contributed by atoms with Crippen LogP contribution in [0.1, 0.15) is 29.0 Å². The highest BCUT2D eigenvalue weighted by atomic mass is 16.5. The lowest BCUT2D eigenvalue weighted by Crippen LogP contribution is -2.42. The van der Waals surface area contributed by atoms with Crippen molar-refractivity contribution in [1.29, 1.82) is 0 Å². The lowest BCUT2D eigenvalue weighted by Gasteiger charge is -2.32. The molecule has 132 valence electrons. The number of methoxy groups -OCH3 is 1. The predicted octanol–water partition coefficient (Wildman–Crippen LogP) is 2.04. The highest BCUT2D eigenvalue weighted by Crippen LogP contribution is 2.22. The van der Waals surface area contributed by atoms with Gasteiger partial charge in [0.05, 0.1) is 13.2 Å². The summed E-state index contributed by atoms with van der Waals surface area (Å²) in [5.74, 6) is 1.25. The third kappa shape index (κ3) is 3.99. The molecule has 2 aromatic heterocycles. The largest absolute Gasteiger partial charge is 0.490 e. The Labute approximate surface area is 145 Å². The maximum atomic E-state index is 12.6.